The van der Waals surface area contributed by atoms with Crippen molar-refractivity contribution in [3.63, 3.8) is 0 Å². The van der Waals surface area contributed by atoms with Gasteiger partial charge in [-0.1, -0.05) is 63.6 Å². The van der Waals surface area contributed by atoms with Gasteiger partial charge < -0.3 is 5.32 Å². The van der Waals surface area contributed by atoms with Gasteiger partial charge >= 0.3 is 0 Å². The summed E-state index contributed by atoms with van der Waals surface area (Å²) in [5.74, 6) is 0.230. The number of benzene rings is 2. The van der Waals surface area contributed by atoms with Gasteiger partial charge in [0.2, 0.25) is 0 Å². The van der Waals surface area contributed by atoms with E-state index in [2.05, 4.69) is 31.3 Å². The first kappa shape index (κ1) is 19.9. The Morgan fingerprint density at radius 2 is 1.62 bits per heavy atom. The maximum Gasteiger partial charge on any atom is 0.288 e. The van der Waals surface area contributed by atoms with Crippen molar-refractivity contribution in [2.45, 2.75) is 39.7 Å². The molecule has 6 heteroatoms. The average molecular weight is 375 g/mol. The molecule has 0 fully saturated rings. The third kappa shape index (κ3) is 4.61. The fraction of sp³-hybridized carbons (Fsp3) is 0.350. The van der Waals surface area contributed by atoms with E-state index in [1.807, 2.05) is 26.0 Å². The number of carbonyl (C=O) groups excluding carboxylic acids is 1. The molecule has 1 atom stereocenters. The van der Waals surface area contributed by atoms with Crippen molar-refractivity contribution in [2.24, 2.45) is 5.92 Å². The number of nitro groups is 1. The first-order chi connectivity index (χ1) is 12.2. The third-order valence-electron chi connectivity index (χ3n) is 4.32. The number of nitro benzene ring substituents is 1. The predicted octanol–water partition coefficient (Wildman–Crippen LogP) is 5.50. The quantitative estimate of drug-likeness (QED) is 0.536. The molecular weight excluding hydrogens is 352 g/mol. The van der Waals surface area contributed by atoms with Gasteiger partial charge in [0.1, 0.15) is 5.02 Å². The van der Waals surface area contributed by atoms with E-state index in [9.17, 15) is 14.9 Å². The highest BCUT2D eigenvalue weighted by molar-refractivity contribution is 6.32. The molecule has 0 aliphatic carbocycles. The van der Waals surface area contributed by atoms with E-state index in [0.717, 1.165) is 5.56 Å². The molecule has 2 aromatic rings. The number of nitrogens with zero attached hydrogens (tertiary/aromatic N) is 1. The largest absolute Gasteiger partial charge is 0.345 e. The number of hydrogen-bond donors (Lipinski definition) is 1. The van der Waals surface area contributed by atoms with E-state index < -0.39 is 4.92 Å². The number of rotatable bonds is 6. The molecular formula is C20H23ClN2O3. The Morgan fingerprint density at radius 1 is 1.04 bits per heavy atom. The zero-order chi connectivity index (χ0) is 19.4. The summed E-state index contributed by atoms with van der Waals surface area (Å²) in [6, 6.07) is 12.0. The van der Waals surface area contributed by atoms with Crippen LogP contribution in [0.3, 0.4) is 0 Å². The van der Waals surface area contributed by atoms with Gasteiger partial charge in [0.25, 0.3) is 11.6 Å². The SMILES string of the molecule is CC(C)c1ccc([C@@H](NC(=O)c2ccc(Cl)c([N+](=O)[O-])c2)C(C)C)cc1. The summed E-state index contributed by atoms with van der Waals surface area (Å²) in [7, 11) is 0. The first-order valence-electron chi connectivity index (χ1n) is 8.55. The lowest BCUT2D eigenvalue weighted by atomic mass is 9.93. The summed E-state index contributed by atoms with van der Waals surface area (Å²) in [6.07, 6.45) is 0. The van der Waals surface area contributed by atoms with E-state index in [0.29, 0.717) is 5.92 Å². The van der Waals surface area contributed by atoms with Crippen molar-refractivity contribution in [3.8, 4) is 0 Å². The molecule has 2 aromatic carbocycles. The van der Waals surface area contributed by atoms with Crippen molar-refractivity contribution in [2.75, 3.05) is 0 Å². The van der Waals surface area contributed by atoms with Crippen LogP contribution in [0, 0.1) is 16.0 Å². The summed E-state index contributed by atoms with van der Waals surface area (Å²) < 4.78 is 0. The van der Waals surface area contributed by atoms with Crippen LogP contribution in [-0.4, -0.2) is 10.8 Å². The van der Waals surface area contributed by atoms with Crippen molar-refractivity contribution < 1.29 is 9.72 Å². The molecule has 26 heavy (non-hydrogen) atoms. The second kappa shape index (κ2) is 8.32. The highest BCUT2D eigenvalue weighted by Gasteiger charge is 2.21. The molecule has 0 aliphatic rings. The normalized spacial score (nSPS) is 12.3. The molecule has 0 aromatic heterocycles. The molecule has 0 aliphatic heterocycles. The van der Waals surface area contributed by atoms with E-state index in [1.54, 1.807) is 0 Å². The summed E-state index contributed by atoms with van der Waals surface area (Å²) in [4.78, 5) is 23.0. The number of hydrogen-bond acceptors (Lipinski definition) is 3. The van der Waals surface area contributed by atoms with Crippen molar-refractivity contribution in [1.29, 1.82) is 0 Å². The van der Waals surface area contributed by atoms with E-state index >= 15 is 0 Å². The molecule has 5 nitrogen and oxygen atoms in total. The number of nitrogens with one attached hydrogen (secondary N) is 1. The highest BCUT2D eigenvalue weighted by Crippen LogP contribution is 2.27. The van der Waals surface area contributed by atoms with Gasteiger partial charge in [-0.3, -0.25) is 14.9 Å². The topological polar surface area (TPSA) is 72.2 Å². The van der Waals surface area contributed by atoms with Gasteiger partial charge in [-0.05, 0) is 35.1 Å². The number of halogens is 1. The second-order valence-corrected chi connectivity index (χ2v) is 7.35. The molecule has 0 radical (unpaired) electrons. The monoisotopic (exact) mass is 374 g/mol. The molecule has 1 N–H and O–H groups in total. The highest BCUT2D eigenvalue weighted by atomic mass is 35.5. The summed E-state index contributed by atoms with van der Waals surface area (Å²) >= 11 is 5.81. The van der Waals surface area contributed by atoms with Crippen molar-refractivity contribution in [3.05, 3.63) is 74.3 Å². The Hall–Kier alpha value is -2.40. The molecule has 2 rings (SSSR count). The molecule has 138 valence electrons. The lowest BCUT2D eigenvalue weighted by Crippen LogP contribution is -2.31. The van der Waals surface area contributed by atoms with Crippen LogP contribution in [0.15, 0.2) is 42.5 Å². The summed E-state index contributed by atoms with van der Waals surface area (Å²) in [5, 5.41) is 14.0. The van der Waals surface area contributed by atoms with E-state index in [-0.39, 0.29) is 34.1 Å². The molecule has 0 heterocycles. The minimum atomic E-state index is -0.594. The minimum Gasteiger partial charge on any atom is -0.345 e. The molecule has 0 unspecified atom stereocenters. The smallest absolute Gasteiger partial charge is 0.288 e. The number of carbonyl (C=O) groups is 1. The molecule has 0 saturated carbocycles. The Balaban J connectivity index is 2.26. The van der Waals surface area contributed by atoms with Crippen LogP contribution in [0.1, 0.15) is 61.1 Å². The van der Waals surface area contributed by atoms with Gasteiger partial charge in [-0.2, -0.15) is 0 Å². The van der Waals surface area contributed by atoms with E-state index in [1.165, 1.54) is 23.8 Å². The van der Waals surface area contributed by atoms with Crippen LogP contribution in [0.25, 0.3) is 0 Å². The van der Waals surface area contributed by atoms with Gasteiger partial charge in [-0.15, -0.1) is 0 Å². The fourth-order valence-corrected chi connectivity index (χ4v) is 2.93. The predicted molar refractivity (Wildman–Crippen MR) is 104 cm³/mol. The van der Waals surface area contributed by atoms with Crippen LogP contribution >= 0.6 is 11.6 Å². The Labute approximate surface area is 158 Å². The maximum atomic E-state index is 12.6. The van der Waals surface area contributed by atoms with Gasteiger partial charge in [0.05, 0.1) is 11.0 Å². The van der Waals surface area contributed by atoms with Crippen LogP contribution in [0.5, 0.6) is 0 Å². The van der Waals surface area contributed by atoms with Gasteiger partial charge in [0.15, 0.2) is 0 Å². The number of amides is 1. The van der Waals surface area contributed by atoms with Crippen LogP contribution in [0.4, 0.5) is 5.69 Å². The standard InChI is InChI=1S/C20H23ClN2O3/c1-12(2)14-5-7-15(8-6-14)19(13(3)4)22-20(24)16-9-10-17(21)18(11-16)23(25)26/h5-13,19H,1-4H3,(H,22,24)/t19-/m0/s1. The average Bonchev–Trinajstić information content (AvgIpc) is 2.59. The molecule has 0 bridgehead atoms. The Bertz CT molecular complexity index is 801. The minimum absolute atomic E-state index is 0.0104. The Morgan fingerprint density at radius 3 is 2.12 bits per heavy atom. The van der Waals surface area contributed by atoms with Gasteiger partial charge in [-0.25, -0.2) is 0 Å². The maximum absolute atomic E-state index is 12.6. The molecule has 0 saturated heterocycles. The van der Waals surface area contributed by atoms with Gasteiger partial charge in [0, 0.05) is 11.6 Å². The Kier molecular flexibility index (Phi) is 6.37. The molecule has 1 amide bonds. The van der Waals surface area contributed by atoms with Crippen LogP contribution in [0.2, 0.25) is 5.02 Å². The third-order valence-corrected chi connectivity index (χ3v) is 4.64. The first-order valence-corrected chi connectivity index (χ1v) is 8.93. The second-order valence-electron chi connectivity index (χ2n) is 6.94. The summed E-state index contributed by atoms with van der Waals surface area (Å²) in [6.45, 7) is 8.30. The zero-order valence-electron chi connectivity index (χ0n) is 15.3. The summed E-state index contributed by atoms with van der Waals surface area (Å²) in [5.41, 5.74) is 2.17. The lowest BCUT2D eigenvalue weighted by molar-refractivity contribution is -0.384. The van der Waals surface area contributed by atoms with Crippen LogP contribution in [-0.2, 0) is 0 Å². The van der Waals surface area contributed by atoms with Crippen molar-refractivity contribution in [1.82, 2.24) is 5.32 Å². The van der Waals surface area contributed by atoms with E-state index in [4.69, 9.17) is 11.6 Å². The van der Waals surface area contributed by atoms with Crippen LogP contribution < -0.4 is 5.32 Å². The zero-order valence-corrected chi connectivity index (χ0v) is 16.1. The van der Waals surface area contributed by atoms with Crippen molar-refractivity contribution >= 4 is 23.2 Å². The lowest BCUT2D eigenvalue weighted by Gasteiger charge is -2.23. The molecule has 0 spiro atoms. The fourth-order valence-electron chi connectivity index (χ4n) is 2.74.